The second-order valence-electron chi connectivity index (χ2n) is 13.0. The zero-order valence-corrected chi connectivity index (χ0v) is 28.5. The van der Waals surface area contributed by atoms with Gasteiger partial charge in [-0.15, -0.1) is 11.8 Å². The van der Waals surface area contributed by atoms with Crippen molar-refractivity contribution in [3.05, 3.63) is 105 Å². The molecule has 2 heterocycles. The molecule has 3 aromatic carbocycles. The summed E-state index contributed by atoms with van der Waals surface area (Å²) >= 11 is 7.97. The number of aryl methyl sites for hydroxylation is 2. The third-order valence-corrected chi connectivity index (χ3v) is 11.3. The van der Waals surface area contributed by atoms with Crippen molar-refractivity contribution in [1.29, 1.82) is 0 Å². The van der Waals surface area contributed by atoms with Crippen LogP contribution in [0.4, 0.5) is 5.69 Å². The molecule has 1 saturated carbocycles. The highest BCUT2D eigenvalue weighted by Gasteiger charge is 2.44. The van der Waals surface area contributed by atoms with Crippen molar-refractivity contribution in [2.75, 3.05) is 44.2 Å². The molecule has 3 atom stereocenters. The number of piperazine rings is 1. The Morgan fingerprint density at radius 3 is 2.57 bits per heavy atom. The van der Waals surface area contributed by atoms with Gasteiger partial charge in [-0.05, 0) is 81.0 Å². The van der Waals surface area contributed by atoms with Crippen LogP contribution in [0, 0.1) is 19.8 Å². The fraction of sp³-hybridized carbons (Fsp3) is 0.421. The molecule has 3 fully saturated rings. The number of carbonyl (C=O) groups is 2. The lowest BCUT2D eigenvalue weighted by atomic mass is 9.83. The molecule has 1 N–H and O–H groups in total. The van der Waals surface area contributed by atoms with Crippen LogP contribution in [0.5, 0.6) is 0 Å². The van der Waals surface area contributed by atoms with Crippen LogP contribution in [0.2, 0.25) is 5.02 Å². The van der Waals surface area contributed by atoms with E-state index in [0.717, 1.165) is 73.0 Å². The van der Waals surface area contributed by atoms with E-state index in [1.807, 2.05) is 42.5 Å². The quantitative estimate of drug-likeness (QED) is 0.200. The Bertz CT molecular complexity index is 1560. The number of hydrogen-bond acceptors (Lipinski definition) is 5. The molecule has 6 rings (SSSR count). The Balaban J connectivity index is 1.03. The van der Waals surface area contributed by atoms with Gasteiger partial charge in [-0.25, -0.2) is 0 Å². The topological polar surface area (TPSA) is 55.9 Å². The van der Waals surface area contributed by atoms with E-state index in [2.05, 4.69) is 70.3 Å². The maximum Gasteiger partial charge on any atom is 0.260 e. The van der Waals surface area contributed by atoms with Crippen molar-refractivity contribution in [1.82, 2.24) is 15.1 Å². The first-order valence-electron chi connectivity index (χ1n) is 16.6. The maximum absolute atomic E-state index is 14.0. The largest absolute Gasteiger partial charge is 0.369 e. The van der Waals surface area contributed by atoms with Gasteiger partial charge >= 0.3 is 0 Å². The second kappa shape index (κ2) is 15.1. The number of hydrogen-bond donors (Lipinski definition) is 1. The minimum absolute atomic E-state index is 0.0369. The van der Waals surface area contributed by atoms with Gasteiger partial charge in [0.2, 0.25) is 5.91 Å². The fourth-order valence-corrected chi connectivity index (χ4v) is 8.70. The summed E-state index contributed by atoms with van der Waals surface area (Å²) in [6, 6.07) is 24.6. The molecule has 0 spiro atoms. The Kier molecular flexibility index (Phi) is 10.7. The van der Waals surface area contributed by atoms with Gasteiger partial charge in [0.25, 0.3) is 5.91 Å². The molecule has 46 heavy (non-hydrogen) atoms. The van der Waals surface area contributed by atoms with Gasteiger partial charge in [0, 0.05) is 67.2 Å². The summed E-state index contributed by atoms with van der Waals surface area (Å²) in [4.78, 5) is 35.1. The lowest BCUT2D eigenvalue weighted by molar-refractivity contribution is -0.133. The van der Waals surface area contributed by atoms with Crippen molar-refractivity contribution in [2.45, 2.75) is 57.4 Å². The second-order valence-corrected chi connectivity index (χ2v) is 14.7. The average molecular weight is 657 g/mol. The minimum atomic E-state index is -0.0706. The summed E-state index contributed by atoms with van der Waals surface area (Å²) in [7, 11) is 0. The van der Waals surface area contributed by atoms with E-state index in [1.165, 1.54) is 16.8 Å². The van der Waals surface area contributed by atoms with Crippen LogP contribution in [-0.4, -0.2) is 72.2 Å². The third kappa shape index (κ3) is 7.99. The van der Waals surface area contributed by atoms with Crippen LogP contribution in [-0.2, 0) is 16.1 Å². The summed E-state index contributed by atoms with van der Waals surface area (Å²) in [6.07, 6.45) is 5.46. The Morgan fingerprint density at radius 1 is 0.978 bits per heavy atom. The van der Waals surface area contributed by atoms with Gasteiger partial charge in [0.15, 0.2) is 0 Å². The van der Waals surface area contributed by atoms with Gasteiger partial charge in [0.1, 0.15) is 0 Å². The van der Waals surface area contributed by atoms with Crippen LogP contribution in [0.1, 0.15) is 47.9 Å². The van der Waals surface area contributed by atoms with Crippen molar-refractivity contribution < 1.29 is 9.59 Å². The zero-order valence-electron chi connectivity index (χ0n) is 27.0. The maximum atomic E-state index is 14.0. The number of nitrogens with one attached hydrogen (secondary N) is 1. The predicted molar refractivity (Wildman–Crippen MR) is 191 cm³/mol. The first-order chi connectivity index (χ1) is 22.3. The first kappa shape index (κ1) is 32.7. The summed E-state index contributed by atoms with van der Waals surface area (Å²) < 4.78 is 0. The Morgan fingerprint density at radius 2 is 1.78 bits per heavy atom. The van der Waals surface area contributed by atoms with Gasteiger partial charge in [-0.3, -0.25) is 14.5 Å². The van der Waals surface area contributed by atoms with Crippen LogP contribution >= 0.6 is 23.4 Å². The van der Waals surface area contributed by atoms with Gasteiger partial charge in [-0.1, -0.05) is 77.8 Å². The van der Waals surface area contributed by atoms with E-state index >= 15 is 0 Å². The smallest absolute Gasteiger partial charge is 0.260 e. The number of amides is 2. The lowest BCUT2D eigenvalue weighted by Crippen LogP contribution is -2.53. The van der Waals surface area contributed by atoms with Gasteiger partial charge < -0.3 is 15.1 Å². The van der Waals surface area contributed by atoms with E-state index in [4.69, 9.17) is 11.6 Å². The number of halogens is 1. The molecule has 0 bridgehead atoms. The van der Waals surface area contributed by atoms with Crippen LogP contribution in [0.15, 0.2) is 77.7 Å². The predicted octanol–water partition coefficient (Wildman–Crippen LogP) is 6.94. The molecule has 2 aliphatic heterocycles. The standard InChI is InChI=1S/C38H45ClN4O2S/c1-27-8-6-11-30(22-27)26-43-34-24-31(13-15-35(34)46-36(38(43)45)23-29-9-4-3-5-10-29)37(44)40-16-7-17-41-18-20-42(21-19-41)33-25-32(39)14-12-28(33)2/h3-6,8-12,14,22-23,25,31,34-35H,7,13,15-21,24,26H2,1-2H3,(H,40,44)/b36-23-. The van der Waals surface area contributed by atoms with Gasteiger partial charge in [0.05, 0.1) is 4.91 Å². The normalized spacial score (nSPS) is 23.0. The summed E-state index contributed by atoms with van der Waals surface area (Å²) in [6.45, 7) is 10.4. The number of nitrogens with zero attached hydrogens (tertiary/aromatic N) is 3. The zero-order chi connectivity index (χ0) is 32.0. The Hall–Kier alpha value is -3.26. The van der Waals surface area contributed by atoms with E-state index in [-0.39, 0.29) is 29.0 Å². The summed E-state index contributed by atoms with van der Waals surface area (Å²) in [5.41, 5.74) is 5.85. The van der Waals surface area contributed by atoms with Crippen LogP contribution < -0.4 is 10.2 Å². The van der Waals surface area contributed by atoms with Crippen molar-refractivity contribution in [3.8, 4) is 0 Å². The van der Waals surface area contributed by atoms with E-state index in [0.29, 0.717) is 19.5 Å². The average Bonchev–Trinajstić information content (AvgIpc) is 3.06. The SMILES string of the molecule is Cc1cccc(CN2C(=O)/C(=C/c3ccccc3)SC3CCC(C(=O)NCCCN4CCN(c5cc(Cl)ccc5C)CC4)CC32)c1. The monoisotopic (exact) mass is 656 g/mol. The number of fused-ring (bicyclic) bond motifs is 1. The van der Waals surface area contributed by atoms with Crippen molar-refractivity contribution in [3.63, 3.8) is 0 Å². The molecular weight excluding hydrogens is 612 g/mol. The summed E-state index contributed by atoms with van der Waals surface area (Å²) in [5.74, 6) is 0.139. The molecule has 3 aromatic rings. The molecule has 6 nitrogen and oxygen atoms in total. The number of anilines is 1. The lowest BCUT2D eigenvalue weighted by Gasteiger charge is -2.46. The van der Waals surface area contributed by atoms with Crippen molar-refractivity contribution >= 4 is 46.9 Å². The minimum Gasteiger partial charge on any atom is -0.369 e. The highest BCUT2D eigenvalue weighted by atomic mass is 35.5. The molecule has 3 unspecified atom stereocenters. The highest BCUT2D eigenvalue weighted by molar-refractivity contribution is 8.04. The molecule has 2 amide bonds. The first-order valence-corrected chi connectivity index (χ1v) is 17.9. The van der Waals surface area contributed by atoms with E-state index in [9.17, 15) is 9.59 Å². The van der Waals surface area contributed by atoms with Crippen LogP contribution in [0.3, 0.4) is 0 Å². The molecule has 0 aromatic heterocycles. The van der Waals surface area contributed by atoms with Crippen molar-refractivity contribution in [2.24, 2.45) is 5.92 Å². The molecular formula is C38H45ClN4O2S. The number of thioether (sulfide) groups is 1. The molecule has 3 aliphatic rings. The third-order valence-electron chi connectivity index (χ3n) is 9.64. The highest BCUT2D eigenvalue weighted by Crippen LogP contribution is 2.44. The molecule has 2 saturated heterocycles. The Labute approximate surface area is 283 Å². The molecule has 8 heteroatoms. The number of carbonyl (C=O) groups excluding carboxylic acids is 2. The van der Waals surface area contributed by atoms with E-state index in [1.54, 1.807) is 11.8 Å². The summed E-state index contributed by atoms with van der Waals surface area (Å²) in [5, 5.41) is 4.32. The fourth-order valence-electron chi connectivity index (χ4n) is 7.12. The molecule has 0 radical (unpaired) electrons. The van der Waals surface area contributed by atoms with Crippen LogP contribution in [0.25, 0.3) is 6.08 Å². The molecule has 1 aliphatic carbocycles. The number of benzene rings is 3. The van der Waals surface area contributed by atoms with E-state index < -0.39 is 0 Å². The molecule has 242 valence electrons. The number of rotatable bonds is 9. The van der Waals surface area contributed by atoms with Gasteiger partial charge in [-0.2, -0.15) is 0 Å².